The molecule has 23 heavy (non-hydrogen) atoms. The van der Waals surface area contributed by atoms with E-state index in [4.69, 9.17) is 5.14 Å². The second-order valence-electron chi connectivity index (χ2n) is 5.06. The maximum atomic E-state index is 12.0. The molecule has 0 heterocycles. The molecule has 0 fully saturated rings. The average molecular weight is 354 g/mol. The van der Waals surface area contributed by atoms with E-state index in [1.54, 1.807) is 0 Å². The zero-order valence-electron chi connectivity index (χ0n) is 12.3. The minimum atomic E-state index is -3.74. The average Bonchev–Trinajstić information content (AvgIpc) is 2.52. The van der Waals surface area contributed by atoms with Crippen LogP contribution in [0.3, 0.4) is 0 Å². The van der Waals surface area contributed by atoms with Crippen molar-refractivity contribution in [2.75, 3.05) is 5.75 Å². The van der Waals surface area contributed by atoms with Gasteiger partial charge in [-0.3, -0.25) is 0 Å². The van der Waals surface area contributed by atoms with Crippen LogP contribution in [0.1, 0.15) is 11.1 Å². The predicted octanol–water partition coefficient (Wildman–Crippen LogP) is 0.996. The maximum absolute atomic E-state index is 12.0. The van der Waals surface area contributed by atoms with Crippen molar-refractivity contribution < 1.29 is 16.8 Å². The molecule has 0 spiro atoms. The summed E-state index contributed by atoms with van der Waals surface area (Å²) in [5.41, 5.74) is 1.61. The molecule has 0 radical (unpaired) electrons. The number of sulfonamides is 2. The molecule has 0 aromatic heterocycles. The van der Waals surface area contributed by atoms with Crippen molar-refractivity contribution >= 4 is 20.0 Å². The summed E-state index contributed by atoms with van der Waals surface area (Å²) in [6.07, 6.45) is 0.431. The molecule has 0 atom stereocenters. The first kappa shape index (κ1) is 17.6. The van der Waals surface area contributed by atoms with E-state index >= 15 is 0 Å². The van der Waals surface area contributed by atoms with E-state index in [0.29, 0.717) is 12.0 Å². The van der Waals surface area contributed by atoms with Crippen LogP contribution < -0.4 is 9.86 Å². The van der Waals surface area contributed by atoms with Gasteiger partial charge in [0.25, 0.3) is 0 Å². The van der Waals surface area contributed by atoms with E-state index in [9.17, 15) is 16.8 Å². The van der Waals surface area contributed by atoms with Crippen molar-refractivity contribution in [2.45, 2.75) is 17.9 Å². The van der Waals surface area contributed by atoms with Crippen molar-refractivity contribution in [3.8, 4) is 0 Å². The smallest absolute Gasteiger partial charge is 0.225 e. The fourth-order valence-electron chi connectivity index (χ4n) is 1.96. The SMILES string of the molecule is NS(=O)(=O)c1ccc(CNS(=O)(=O)CCc2ccccc2)cc1. The van der Waals surface area contributed by atoms with Gasteiger partial charge in [0.05, 0.1) is 10.6 Å². The number of hydrogen-bond donors (Lipinski definition) is 2. The molecule has 2 aromatic rings. The molecule has 0 saturated carbocycles. The molecule has 0 aliphatic rings. The van der Waals surface area contributed by atoms with Crippen molar-refractivity contribution in [3.05, 3.63) is 65.7 Å². The van der Waals surface area contributed by atoms with Crippen LogP contribution in [0.2, 0.25) is 0 Å². The molecule has 0 saturated heterocycles. The van der Waals surface area contributed by atoms with Crippen LogP contribution in [0, 0.1) is 0 Å². The highest BCUT2D eigenvalue weighted by Crippen LogP contribution is 2.09. The summed E-state index contributed by atoms with van der Waals surface area (Å²) in [6, 6.07) is 15.1. The topological polar surface area (TPSA) is 106 Å². The second-order valence-corrected chi connectivity index (χ2v) is 8.55. The third-order valence-corrected chi connectivity index (χ3v) is 5.51. The Bertz CT molecular complexity index is 846. The molecular formula is C15H18N2O4S2. The van der Waals surface area contributed by atoms with Gasteiger partial charge in [-0.1, -0.05) is 42.5 Å². The molecule has 0 aliphatic heterocycles. The predicted molar refractivity (Wildman–Crippen MR) is 88.6 cm³/mol. The molecule has 0 amide bonds. The Kier molecular flexibility index (Phi) is 5.53. The number of benzene rings is 2. The van der Waals surface area contributed by atoms with Crippen LogP contribution in [0.5, 0.6) is 0 Å². The lowest BCUT2D eigenvalue weighted by molar-refractivity contribution is 0.580. The summed E-state index contributed by atoms with van der Waals surface area (Å²) in [5.74, 6) is -0.00766. The molecule has 0 bridgehead atoms. The number of aryl methyl sites for hydroxylation is 1. The summed E-state index contributed by atoms with van der Waals surface area (Å²) >= 11 is 0. The van der Waals surface area contributed by atoms with Crippen LogP contribution in [-0.4, -0.2) is 22.6 Å². The quantitative estimate of drug-likeness (QED) is 0.773. The van der Waals surface area contributed by atoms with E-state index in [1.807, 2.05) is 30.3 Å². The minimum Gasteiger partial charge on any atom is -0.225 e. The minimum absolute atomic E-state index is 0.00631. The van der Waals surface area contributed by atoms with Crippen molar-refractivity contribution in [1.29, 1.82) is 0 Å². The van der Waals surface area contributed by atoms with Crippen LogP contribution in [-0.2, 0) is 33.0 Å². The number of hydrogen-bond acceptors (Lipinski definition) is 4. The number of nitrogens with two attached hydrogens (primary N) is 1. The van der Waals surface area contributed by atoms with Gasteiger partial charge >= 0.3 is 0 Å². The van der Waals surface area contributed by atoms with Gasteiger partial charge in [0.15, 0.2) is 0 Å². The Balaban J connectivity index is 1.91. The van der Waals surface area contributed by atoms with E-state index in [0.717, 1.165) is 5.56 Å². The number of primary sulfonamides is 1. The first-order chi connectivity index (χ1) is 10.8. The van der Waals surface area contributed by atoms with Gasteiger partial charge in [0.2, 0.25) is 20.0 Å². The highest BCUT2D eigenvalue weighted by atomic mass is 32.2. The van der Waals surface area contributed by atoms with Crippen LogP contribution in [0.4, 0.5) is 0 Å². The van der Waals surface area contributed by atoms with Crippen LogP contribution in [0.15, 0.2) is 59.5 Å². The molecule has 3 N–H and O–H groups in total. The zero-order valence-corrected chi connectivity index (χ0v) is 14.0. The number of nitrogens with one attached hydrogen (secondary N) is 1. The Morgan fingerprint density at radius 1 is 0.826 bits per heavy atom. The fourth-order valence-corrected chi connectivity index (χ4v) is 3.51. The summed E-state index contributed by atoms with van der Waals surface area (Å²) in [4.78, 5) is -0.00631. The van der Waals surface area contributed by atoms with E-state index < -0.39 is 20.0 Å². The monoisotopic (exact) mass is 354 g/mol. The van der Waals surface area contributed by atoms with Gasteiger partial charge in [-0.2, -0.15) is 0 Å². The largest absolute Gasteiger partial charge is 0.238 e. The molecule has 0 aliphatic carbocycles. The fraction of sp³-hybridized carbons (Fsp3) is 0.200. The molecule has 8 heteroatoms. The molecule has 6 nitrogen and oxygen atoms in total. The third kappa shape index (κ3) is 5.76. The van der Waals surface area contributed by atoms with Crippen LogP contribution in [0.25, 0.3) is 0 Å². The maximum Gasteiger partial charge on any atom is 0.238 e. The summed E-state index contributed by atoms with van der Waals surface area (Å²) < 4.78 is 48.7. The lowest BCUT2D eigenvalue weighted by atomic mass is 10.2. The van der Waals surface area contributed by atoms with Gasteiger partial charge in [0, 0.05) is 6.54 Å². The summed E-state index contributed by atoms with van der Waals surface area (Å²) in [6.45, 7) is 0.0992. The Morgan fingerprint density at radius 3 is 2.00 bits per heavy atom. The van der Waals surface area contributed by atoms with Gasteiger partial charge in [-0.05, 0) is 29.7 Å². The van der Waals surface area contributed by atoms with Gasteiger partial charge < -0.3 is 0 Å². The van der Waals surface area contributed by atoms with Crippen molar-refractivity contribution in [1.82, 2.24) is 4.72 Å². The normalized spacial score (nSPS) is 12.2. The highest BCUT2D eigenvalue weighted by Gasteiger charge is 2.11. The number of rotatable bonds is 7. The summed E-state index contributed by atoms with van der Waals surface area (Å²) in [5, 5.41) is 5.01. The molecular weight excluding hydrogens is 336 g/mol. The molecule has 0 unspecified atom stereocenters. The lowest BCUT2D eigenvalue weighted by Crippen LogP contribution is -2.26. The second kappa shape index (κ2) is 7.22. The zero-order chi connectivity index (χ0) is 16.9. The summed E-state index contributed by atoms with van der Waals surface area (Å²) in [7, 11) is -7.15. The van der Waals surface area contributed by atoms with E-state index in [1.165, 1.54) is 24.3 Å². The Hall–Kier alpha value is -1.74. The molecule has 124 valence electrons. The van der Waals surface area contributed by atoms with Gasteiger partial charge in [-0.15, -0.1) is 0 Å². The first-order valence-electron chi connectivity index (χ1n) is 6.89. The standard InChI is InChI=1S/C15H18N2O4S2/c16-23(20,21)15-8-6-14(7-9-15)12-17-22(18,19)11-10-13-4-2-1-3-5-13/h1-9,17H,10-12H2,(H2,16,20,21). The van der Waals surface area contributed by atoms with Crippen molar-refractivity contribution in [3.63, 3.8) is 0 Å². The van der Waals surface area contributed by atoms with E-state index in [2.05, 4.69) is 4.72 Å². The Morgan fingerprint density at radius 2 is 1.43 bits per heavy atom. The van der Waals surface area contributed by atoms with Gasteiger partial charge in [-0.25, -0.2) is 26.7 Å². The first-order valence-corrected chi connectivity index (χ1v) is 10.1. The third-order valence-electron chi connectivity index (χ3n) is 3.25. The Labute approximate surface area is 136 Å². The van der Waals surface area contributed by atoms with Gasteiger partial charge in [0.1, 0.15) is 0 Å². The highest BCUT2D eigenvalue weighted by molar-refractivity contribution is 7.89. The van der Waals surface area contributed by atoms with Crippen LogP contribution >= 0.6 is 0 Å². The van der Waals surface area contributed by atoms with E-state index in [-0.39, 0.29) is 17.2 Å². The molecule has 2 rings (SSSR count). The molecule has 2 aromatic carbocycles. The van der Waals surface area contributed by atoms with Crippen molar-refractivity contribution in [2.24, 2.45) is 5.14 Å². The lowest BCUT2D eigenvalue weighted by Gasteiger charge is -2.07.